The van der Waals surface area contributed by atoms with E-state index in [1.807, 2.05) is 13.8 Å². The molecule has 0 atom stereocenters. The van der Waals surface area contributed by atoms with Crippen LogP contribution in [0.15, 0.2) is 33.8 Å². The largest absolute Gasteiger partial charge is 0.311 e. The number of carbonyl (C=O) groups is 1. The zero-order valence-electron chi connectivity index (χ0n) is 14.1. The van der Waals surface area contributed by atoms with E-state index in [1.54, 1.807) is 29.9 Å². The first kappa shape index (κ1) is 16.1. The van der Waals surface area contributed by atoms with Crippen molar-refractivity contribution in [1.29, 1.82) is 0 Å². The minimum atomic E-state index is -0.117. The van der Waals surface area contributed by atoms with Gasteiger partial charge < -0.3 is 9.88 Å². The van der Waals surface area contributed by atoms with Crippen molar-refractivity contribution in [2.75, 3.05) is 5.32 Å². The van der Waals surface area contributed by atoms with Gasteiger partial charge in [-0.1, -0.05) is 0 Å². The fourth-order valence-electron chi connectivity index (χ4n) is 2.59. The van der Waals surface area contributed by atoms with Gasteiger partial charge in [0.2, 0.25) is 5.91 Å². The number of nitrogens with one attached hydrogen (secondary N) is 1. The summed E-state index contributed by atoms with van der Waals surface area (Å²) in [6.07, 6.45) is 3.54. The Bertz CT molecular complexity index is 936. The third-order valence-electron chi connectivity index (χ3n) is 4.49. The average Bonchev–Trinajstić information content (AvgIpc) is 3.42. The van der Waals surface area contributed by atoms with Gasteiger partial charge in [-0.2, -0.15) is 0 Å². The van der Waals surface area contributed by atoms with Crippen LogP contribution in [0.25, 0.3) is 16.5 Å². The van der Waals surface area contributed by atoms with Gasteiger partial charge in [0.1, 0.15) is 5.82 Å². The van der Waals surface area contributed by atoms with Gasteiger partial charge in [-0.05, 0) is 45.0 Å². The molecule has 124 valence electrons. The van der Waals surface area contributed by atoms with Crippen molar-refractivity contribution in [3.63, 3.8) is 0 Å². The molecule has 1 aliphatic carbocycles. The molecule has 6 heteroatoms. The normalized spacial score (nSPS) is 15.1. The Balaban J connectivity index is 2.08. The van der Waals surface area contributed by atoms with Crippen LogP contribution in [0.5, 0.6) is 0 Å². The van der Waals surface area contributed by atoms with E-state index in [4.69, 9.17) is 0 Å². The lowest BCUT2D eigenvalue weighted by Gasteiger charge is -2.11. The van der Waals surface area contributed by atoms with E-state index in [2.05, 4.69) is 22.0 Å². The summed E-state index contributed by atoms with van der Waals surface area (Å²) in [5, 5.41) is 3.64. The van der Waals surface area contributed by atoms with E-state index in [0.717, 1.165) is 29.3 Å². The first-order valence-electron chi connectivity index (χ1n) is 7.87. The van der Waals surface area contributed by atoms with Gasteiger partial charge in [0.25, 0.3) is 5.56 Å². The Kier molecular flexibility index (Phi) is 4.05. The van der Waals surface area contributed by atoms with Gasteiger partial charge in [0.15, 0.2) is 0 Å². The summed E-state index contributed by atoms with van der Waals surface area (Å²) in [7, 11) is 1.71. The lowest BCUT2D eigenvalue weighted by molar-refractivity contribution is -0.117. The van der Waals surface area contributed by atoms with Crippen LogP contribution in [0.4, 0.5) is 5.82 Å². The highest BCUT2D eigenvalue weighted by molar-refractivity contribution is 5.95. The number of amides is 1. The van der Waals surface area contributed by atoms with Crippen LogP contribution < -0.4 is 10.9 Å². The van der Waals surface area contributed by atoms with E-state index < -0.39 is 0 Å². The number of fused-ring (bicyclic) bond motifs is 1. The summed E-state index contributed by atoms with van der Waals surface area (Å²) < 4.78 is 1.57. The second kappa shape index (κ2) is 6.03. The minimum Gasteiger partial charge on any atom is -0.311 e. The van der Waals surface area contributed by atoms with Crippen molar-refractivity contribution >= 4 is 34.9 Å². The third-order valence-corrected chi connectivity index (χ3v) is 4.49. The number of rotatable bonds is 4. The summed E-state index contributed by atoms with van der Waals surface area (Å²) in [4.78, 5) is 32.7. The molecule has 0 aromatic carbocycles. The van der Waals surface area contributed by atoms with E-state index in [0.29, 0.717) is 17.1 Å². The molecule has 2 aromatic rings. The Morgan fingerprint density at radius 1 is 1.38 bits per heavy atom. The number of allylic oxidation sites excluding steroid dienone is 2. The maximum absolute atomic E-state index is 12.7. The van der Waals surface area contributed by atoms with Gasteiger partial charge >= 0.3 is 0 Å². The molecule has 1 fully saturated rings. The highest BCUT2D eigenvalue weighted by Gasteiger charge is 2.29. The van der Waals surface area contributed by atoms with Crippen LogP contribution in [-0.4, -0.2) is 22.2 Å². The van der Waals surface area contributed by atoms with Crippen molar-refractivity contribution in [2.45, 2.75) is 26.7 Å². The number of hydrogen-bond donors (Lipinski definition) is 1. The number of hydrogen-bond acceptors (Lipinski definition) is 4. The minimum absolute atomic E-state index is 0.00469. The quantitative estimate of drug-likeness (QED) is 0.879. The topological polar surface area (TPSA) is 76.3 Å². The third kappa shape index (κ3) is 2.87. The number of aliphatic imine (C=N–C) groups is 1. The zero-order chi connectivity index (χ0) is 17.4. The van der Waals surface area contributed by atoms with E-state index in [-0.39, 0.29) is 17.4 Å². The number of pyridine rings is 2. The molecule has 1 N–H and O–H groups in total. The van der Waals surface area contributed by atoms with Crippen molar-refractivity contribution < 1.29 is 4.79 Å². The van der Waals surface area contributed by atoms with E-state index in [9.17, 15) is 9.59 Å². The standard InChI is InChI=1S/C18H20N4O2/c1-10(11(2)19-3)14-7-13-9-20-16(21-17(23)12-5-6-12)8-15(13)22(4)18(14)24/h7-9,12H,3,5-6H2,1-2,4H3,(H,20,21,23)/b11-10+. The molecule has 0 radical (unpaired) electrons. The molecule has 0 saturated heterocycles. The molecule has 6 nitrogen and oxygen atoms in total. The Hall–Kier alpha value is -2.76. The molecular formula is C18H20N4O2. The summed E-state index contributed by atoms with van der Waals surface area (Å²) in [5.41, 5.74) is 2.69. The zero-order valence-corrected chi connectivity index (χ0v) is 14.1. The number of carbonyl (C=O) groups excluding carboxylic acids is 1. The van der Waals surface area contributed by atoms with Gasteiger partial charge in [0, 0.05) is 41.9 Å². The van der Waals surface area contributed by atoms with Crippen LogP contribution in [0.3, 0.4) is 0 Å². The molecule has 0 spiro atoms. The van der Waals surface area contributed by atoms with Crippen molar-refractivity contribution in [3.05, 3.63) is 39.9 Å². The molecule has 2 aromatic heterocycles. The van der Waals surface area contributed by atoms with Gasteiger partial charge in [0.05, 0.1) is 5.52 Å². The van der Waals surface area contributed by atoms with E-state index in [1.165, 1.54) is 0 Å². The monoisotopic (exact) mass is 324 g/mol. The van der Waals surface area contributed by atoms with Crippen molar-refractivity contribution in [1.82, 2.24) is 9.55 Å². The smallest absolute Gasteiger partial charge is 0.258 e. The molecule has 3 rings (SSSR count). The maximum atomic E-state index is 12.7. The molecule has 0 bridgehead atoms. The number of aromatic nitrogens is 2. The summed E-state index contributed by atoms with van der Waals surface area (Å²) >= 11 is 0. The van der Waals surface area contributed by atoms with E-state index >= 15 is 0 Å². The van der Waals surface area contributed by atoms with Crippen LogP contribution in [0, 0.1) is 5.92 Å². The number of anilines is 1. The molecule has 1 saturated carbocycles. The Labute approximate surface area is 139 Å². The van der Waals surface area contributed by atoms with Gasteiger partial charge in [-0.25, -0.2) is 4.98 Å². The van der Waals surface area contributed by atoms with Crippen molar-refractivity contribution in [3.8, 4) is 0 Å². The first-order valence-corrected chi connectivity index (χ1v) is 7.87. The molecule has 24 heavy (non-hydrogen) atoms. The van der Waals surface area contributed by atoms with Gasteiger partial charge in [-0.3, -0.25) is 14.6 Å². The second-order valence-electron chi connectivity index (χ2n) is 6.18. The molecule has 1 aliphatic rings. The molecule has 1 amide bonds. The highest BCUT2D eigenvalue weighted by Crippen LogP contribution is 2.30. The number of nitrogens with zero attached hydrogens (tertiary/aromatic N) is 3. The summed E-state index contributed by atoms with van der Waals surface area (Å²) in [6.45, 7) is 7.18. The van der Waals surface area contributed by atoms with Gasteiger partial charge in [-0.15, -0.1) is 0 Å². The first-order chi connectivity index (χ1) is 11.4. The van der Waals surface area contributed by atoms with Crippen LogP contribution in [-0.2, 0) is 11.8 Å². The fourth-order valence-corrected chi connectivity index (χ4v) is 2.59. The Morgan fingerprint density at radius 3 is 2.71 bits per heavy atom. The predicted molar refractivity (Wildman–Crippen MR) is 96.2 cm³/mol. The highest BCUT2D eigenvalue weighted by atomic mass is 16.2. The second-order valence-corrected chi connectivity index (χ2v) is 6.18. The summed E-state index contributed by atoms with van der Waals surface area (Å²) in [6, 6.07) is 3.54. The molecular weight excluding hydrogens is 304 g/mol. The number of aryl methyl sites for hydroxylation is 1. The maximum Gasteiger partial charge on any atom is 0.258 e. The van der Waals surface area contributed by atoms with Crippen molar-refractivity contribution in [2.24, 2.45) is 18.0 Å². The lowest BCUT2D eigenvalue weighted by Crippen LogP contribution is -2.21. The average molecular weight is 324 g/mol. The Morgan fingerprint density at radius 2 is 2.08 bits per heavy atom. The fraction of sp³-hybridized carbons (Fsp3) is 0.333. The van der Waals surface area contributed by atoms with Crippen LogP contribution >= 0.6 is 0 Å². The molecule has 0 aliphatic heterocycles. The van der Waals surface area contributed by atoms with Crippen LogP contribution in [0.1, 0.15) is 32.3 Å². The molecule has 2 heterocycles. The lowest BCUT2D eigenvalue weighted by atomic mass is 10.1. The predicted octanol–water partition coefficient (Wildman–Crippen LogP) is 2.73. The molecule has 0 unspecified atom stereocenters. The summed E-state index contributed by atoms with van der Waals surface area (Å²) in [5.74, 6) is 0.573. The van der Waals surface area contributed by atoms with Crippen LogP contribution in [0.2, 0.25) is 0 Å². The SMILES string of the molecule is C=N/C(C)=C(\C)c1cc2cnc(NC(=O)C3CC3)cc2n(C)c1=O.